The van der Waals surface area contributed by atoms with Crippen molar-refractivity contribution in [2.45, 2.75) is 45.2 Å². The van der Waals surface area contributed by atoms with Crippen LogP contribution in [0.1, 0.15) is 44.1 Å². The second-order valence-corrected chi connectivity index (χ2v) is 7.93. The summed E-state index contributed by atoms with van der Waals surface area (Å²) in [5.41, 5.74) is 2.98. The third kappa shape index (κ3) is 4.27. The van der Waals surface area contributed by atoms with E-state index in [4.69, 9.17) is 0 Å². The van der Waals surface area contributed by atoms with Gasteiger partial charge < -0.3 is 14.8 Å². The minimum Gasteiger partial charge on any atom is -0.368 e. The molecule has 0 atom stereocenters. The van der Waals surface area contributed by atoms with Crippen LogP contribution in [0.25, 0.3) is 0 Å². The highest BCUT2D eigenvalue weighted by atomic mass is 32.1. The number of hydrogen-bond acceptors (Lipinski definition) is 7. The molecule has 3 aromatic rings. The molecule has 1 fully saturated rings. The van der Waals surface area contributed by atoms with E-state index < -0.39 is 0 Å². The van der Waals surface area contributed by atoms with Crippen molar-refractivity contribution in [2.75, 3.05) is 23.3 Å². The van der Waals surface area contributed by atoms with Crippen LogP contribution in [0.2, 0.25) is 0 Å². The van der Waals surface area contributed by atoms with Gasteiger partial charge in [0.2, 0.25) is 0 Å². The SMILES string of the molecule is CC(C)Nc1cc(N2CCC(c3nccn3Cc3cscn3)CC2)ncn1. The van der Waals surface area contributed by atoms with Crippen molar-refractivity contribution in [1.82, 2.24) is 24.5 Å². The quantitative estimate of drug-likeness (QED) is 0.704. The van der Waals surface area contributed by atoms with Gasteiger partial charge in [0.05, 0.1) is 17.7 Å². The van der Waals surface area contributed by atoms with Gasteiger partial charge in [-0.25, -0.2) is 19.9 Å². The van der Waals surface area contributed by atoms with E-state index in [-0.39, 0.29) is 0 Å². The molecule has 0 saturated carbocycles. The van der Waals surface area contributed by atoms with Crippen LogP contribution in [0.4, 0.5) is 11.6 Å². The van der Waals surface area contributed by atoms with E-state index in [9.17, 15) is 0 Å². The Hall–Kier alpha value is -2.48. The van der Waals surface area contributed by atoms with Gasteiger partial charge in [-0.2, -0.15) is 0 Å². The van der Waals surface area contributed by atoms with Crippen LogP contribution < -0.4 is 10.2 Å². The molecule has 0 bridgehead atoms. The van der Waals surface area contributed by atoms with Gasteiger partial charge in [0, 0.05) is 48.9 Å². The van der Waals surface area contributed by atoms with E-state index in [1.807, 2.05) is 17.8 Å². The Morgan fingerprint density at radius 3 is 2.78 bits per heavy atom. The molecule has 7 nitrogen and oxygen atoms in total. The molecule has 1 N–H and O–H groups in total. The first-order valence-corrected chi connectivity index (χ1v) is 10.3. The zero-order valence-electron chi connectivity index (χ0n) is 15.7. The topological polar surface area (TPSA) is 71.8 Å². The van der Waals surface area contributed by atoms with Crippen LogP contribution in [0.3, 0.4) is 0 Å². The summed E-state index contributed by atoms with van der Waals surface area (Å²) in [7, 11) is 0. The Bertz CT molecular complexity index is 851. The Morgan fingerprint density at radius 2 is 2.04 bits per heavy atom. The van der Waals surface area contributed by atoms with Crippen LogP contribution in [0.5, 0.6) is 0 Å². The average molecular weight is 384 g/mol. The van der Waals surface area contributed by atoms with E-state index >= 15 is 0 Å². The molecule has 27 heavy (non-hydrogen) atoms. The molecule has 4 rings (SSSR count). The van der Waals surface area contributed by atoms with Crippen molar-refractivity contribution in [2.24, 2.45) is 0 Å². The lowest BCUT2D eigenvalue weighted by Gasteiger charge is -2.32. The molecule has 4 heterocycles. The molecule has 1 saturated heterocycles. The van der Waals surface area contributed by atoms with Crippen LogP contribution in [-0.2, 0) is 6.54 Å². The van der Waals surface area contributed by atoms with Gasteiger partial charge in [0.1, 0.15) is 23.8 Å². The molecular weight excluding hydrogens is 358 g/mol. The summed E-state index contributed by atoms with van der Waals surface area (Å²) in [6.45, 7) is 6.98. The third-order valence-corrected chi connectivity index (χ3v) is 5.47. The normalized spacial score (nSPS) is 15.4. The molecular formula is C19H25N7S. The zero-order chi connectivity index (χ0) is 18.6. The van der Waals surface area contributed by atoms with E-state index in [0.717, 1.165) is 49.8 Å². The van der Waals surface area contributed by atoms with Crippen LogP contribution >= 0.6 is 11.3 Å². The molecule has 1 aliphatic rings. The summed E-state index contributed by atoms with van der Waals surface area (Å²) < 4.78 is 2.24. The van der Waals surface area contributed by atoms with E-state index in [1.54, 1.807) is 17.7 Å². The van der Waals surface area contributed by atoms with Gasteiger partial charge in [0.15, 0.2) is 0 Å². The number of aromatic nitrogens is 5. The van der Waals surface area contributed by atoms with Crippen LogP contribution in [0, 0.1) is 0 Å². The molecule has 142 valence electrons. The fourth-order valence-corrected chi connectivity index (χ4v) is 4.12. The molecule has 0 spiro atoms. The largest absolute Gasteiger partial charge is 0.368 e. The fraction of sp³-hybridized carbons (Fsp3) is 0.474. The summed E-state index contributed by atoms with van der Waals surface area (Å²) in [5.74, 6) is 3.53. The number of nitrogens with one attached hydrogen (secondary N) is 1. The van der Waals surface area contributed by atoms with Gasteiger partial charge in [0.25, 0.3) is 0 Å². The van der Waals surface area contributed by atoms with Gasteiger partial charge >= 0.3 is 0 Å². The van der Waals surface area contributed by atoms with Gasteiger partial charge in [-0.3, -0.25) is 0 Å². The lowest BCUT2D eigenvalue weighted by molar-refractivity contribution is 0.468. The first-order valence-electron chi connectivity index (χ1n) is 9.40. The maximum absolute atomic E-state index is 4.65. The number of thiazole rings is 1. The van der Waals surface area contributed by atoms with E-state index in [1.165, 1.54) is 5.82 Å². The van der Waals surface area contributed by atoms with Crippen molar-refractivity contribution in [3.05, 3.63) is 47.2 Å². The molecule has 3 aromatic heterocycles. The van der Waals surface area contributed by atoms with E-state index in [0.29, 0.717) is 12.0 Å². The Balaban J connectivity index is 1.40. The molecule has 0 aliphatic carbocycles. The molecule has 8 heteroatoms. The molecule has 0 aromatic carbocycles. The van der Waals surface area contributed by atoms with Crippen molar-refractivity contribution in [3.63, 3.8) is 0 Å². The van der Waals surface area contributed by atoms with Crippen LogP contribution in [0.15, 0.2) is 35.7 Å². The lowest BCUT2D eigenvalue weighted by atomic mass is 9.96. The number of piperidine rings is 1. The van der Waals surface area contributed by atoms with Crippen molar-refractivity contribution >= 4 is 23.0 Å². The Morgan fingerprint density at radius 1 is 1.19 bits per heavy atom. The molecule has 1 aliphatic heterocycles. The monoisotopic (exact) mass is 383 g/mol. The maximum Gasteiger partial charge on any atom is 0.134 e. The minimum atomic E-state index is 0.357. The Labute approximate surface area is 163 Å². The second kappa shape index (κ2) is 8.04. The van der Waals surface area contributed by atoms with Crippen molar-refractivity contribution < 1.29 is 0 Å². The number of rotatable bonds is 6. The number of hydrogen-bond donors (Lipinski definition) is 1. The highest BCUT2D eigenvalue weighted by Crippen LogP contribution is 2.29. The predicted molar refractivity (Wildman–Crippen MR) is 108 cm³/mol. The molecule has 0 radical (unpaired) electrons. The maximum atomic E-state index is 4.65. The first-order chi connectivity index (χ1) is 13.2. The first kappa shape index (κ1) is 17.9. The number of imidazole rings is 1. The second-order valence-electron chi connectivity index (χ2n) is 7.21. The summed E-state index contributed by atoms with van der Waals surface area (Å²) in [6, 6.07) is 2.40. The van der Waals surface area contributed by atoms with Crippen LogP contribution in [-0.4, -0.2) is 43.6 Å². The fourth-order valence-electron chi connectivity index (χ4n) is 3.57. The number of anilines is 2. The summed E-state index contributed by atoms with van der Waals surface area (Å²) in [5, 5.41) is 5.45. The highest BCUT2D eigenvalue weighted by Gasteiger charge is 2.25. The standard InChI is InChI=1S/C19H25N7S/c1-14(2)24-17-9-18(22-12-21-17)25-6-3-15(4-7-25)19-20-5-8-26(19)10-16-11-27-13-23-16/h5,8-9,11-15H,3-4,6-7,10H2,1-2H3,(H,21,22,24). The zero-order valence-corrected chi connectivity index (χ0v) is 16.6. The summed E-state index contributed by atoms with van der Waals surface area (Å²) >= 11 is 1.64. The number of nitrogens with zero attached hydrogens (tertiary/aromatic N) is 6. The lowest BCUT2D eigenvalue weighted by Crippen LogP contribution is -2.34. The summed E-state index contributed by atoms with van der Waals surface area (Å²) in [6.07, 6.45) is 7.76. The Kier molecular flexibility index (Phi) is 5.33. The molecule has 0 amide bonds. The van der Waals surface area contributed by atoms with Crippen molar-refractivity contribution in [1.29, 1.82) is 0 Å². The third-order valence-electron chi connectivity index (χ3n) is 4.84. The highest BCUT2D eigenvalue weighted by molar-refractivity contribution is 7.07. The minimum absolute atomic E-state index is 0.357. The average Bonchev–Trinajstić information content (AvgIpc) is 3.34. The van der Waals surface area contributed by atoms with Gasteiger partial charge in [-0.05, 0) is 26.7 Å². The smallest absolute Gasteiger partial charge is 0.134 e. The van der Waals surface area contributed by atoms with E-state index in [2.05, 4.69) is 60.1 Å². The molecule has 0 unspecified atom stereocenters. The summed E-state index contributed by atoms with van der Waals surface area (Å²) in [4.78, 5) is 20.2. The predicted octanol–water partition coefficient (Wildman–Crippen LogP) is 3.38. The van der Waals surface area contributed by atoms with Gasteiger partial charge in [-0.1, -0.05) is 0 Å². The van der Waals surface area contributed by atoms with Crippen molar-refractivity contribution in [3.8, 4) is 0 Å². The van der Waals surface area contributed by atoms with Gasteiger partial charge in [-0.15, -0.1) is 11.3 Å².